The number of fused-ring (bicyclic) bond motifs is 1. The maximum atomic E-state index is 12.6. The standard InChI is InChI=1S/C17H19NO3/c1-2-21-16(19)10-14-13-8-3-4-9-15(13)18(17(14)20)11-12-6-5-7-12/h3-4,8-10,12H,2,5-7,11H2,1H3. The van der Waals surface area contributed by atoms with Crippen molar-refractivity contribution in [2.24, 2.45) is 5.92 Å². The number of para-hydroxylation sites is 1. The Morgan fingerprint density at radius 2 is 2.14 bits per heavy atom. The van der Waals surface area contributed by atoms with Crippen LogP contribution in [0.15, 0.2) is 30.3 Å². The van der Waals surface area contributed by atoms with Crippen LogP contribution in [-0.4, -0.2) is 25.0 Å². The fourth-order valence-electron chi connectivity index (χ4n) is 2.86. The van der Waals surface area contributed by atoms with Gasteiger partial charge in [0, 0.05) is 18.2 Å². The normalized spacial score (nSPS) is 19.6. The molecule has 4 heteroatoms. The number of carbonyl (C=O) groups excluding carboxylic acids is 2. The molecule has 0 aromatic heterocycles. The maximum absolute atomic E-state index is 12.6. The van der Waals surface area contributed by atoms with Gasteiger partial charge in [0.2, 0.25) is 0 Å². The smallest absolute Gasteiger partial charge is 0.331 e. The lowest BCUT2D eigenvalue weighted by atomic mass is 9.85. The van der Waals surface area contributed by atoms with Crippen molar-refractivity contribution < 1.29 is 14.3 Å². The third kappa shape index (κ3) is 2.58. The van der Waals surface area contributed by atoms with E-state index in [-0.39, 0.29) is 5.91 Å². The fourth-order valence-corrected chi connectivity index (χ4v) is 2.86. The van der Waals surface area contributed by atoms with E-state index in [4.69, 9.17) is 4.74 Å². The summed E-state index contributed by atoms with van der Waals surface area (Å²) >= 11 is 0. The molecule has 1 heterocycles. The molecule has 2 aliphatic rings. The van der Waals surface area contributed by atoms with Gasteiger partial charge in [0.25, 0.3) is 5.91 Å². The van der Waals surface area contributed by atoms with Crippen molar-refractivity contribution >= 4 is 23.1 Å². The van der Waals surface area contributed by atoms with E-state index in [0.717, 1.165) is 17.8 Å². The number of hydrogen-bond acceptors (Lipinski definition) is 3. The van der Waals surface area contributed by atoms with Gasteiger partial charge < -0.3 is 9.64 Å². The van der Waals surface area contributed by atoms with Crippen LogP contribution in [0.5, 0.6) is 0 Å². The van der Waals surface area contributed by atoms with Crippen molar-refractivity contribution in [3.05, 3.63) is 35.9 Å². The first kappa shape index (κ1) is 13.9. The van der Waals surface area contributed by atoms with Gasteiger partial charge in [-0.1, -0.05) is 24.6 Å². The number of hydrogen-bond donors (Lipinski definition) is 0. The Morgan fingerprint density at radius 3 is 2.81 bits per heavy atom. The van der Waals surface area contributed by atoms with E-state index < -0.39 is 5.97 Å². The molecular formula is C17H19NO3. The number of nitrogens with zero attached hydrogens (tertiary/aromatic N) is 1. The Kier molecular flexibility index (Phi) is 3.78. The monoisotopic (exact) mass is 285 g/mol. The highest BCUT2D eigenvalue weighted by atomic mass is 16.5. The Hall–Kier alpha value is -2.10. The summed E-state index contributed by atoms with van der Waals surface area (Å²) in [4.78, 5) is 26.1. The van der Waals surface area contributed by atoms with E-state index in [1.165, 1.54) is 25.3 Å². The SMILES string of the molecule is CCOC(=O)C=C1C(=O)N(CC2CCC2)c2ccccc21. The average molecular weight is 285 g/mol. The minimum atomic E-state index is -0.457. The van der Waals surface area contributed by atoms with Crippen LogP contribution in [-0.2, 0) is 14.3 Å². The summed E-state index contributed by atoms with van der Waals surface area (Å²) in [5, 5.41) is 0. The van der Waals surface area contributed by atoms with Gasteiger partial charge in [-0.05, 0) is 31.7 Å². The van der Waals surface area contributed by atoms with Crippen molar-refractivity contribution in [1.29, 1.82) is 0 Å². The molecule has 1 aliphatic carbocycles. The lowest BCUT2D eigenvalue weighted by Gasteiger charge is -2.30. The zero-order valence-corrected chi connectivity index (χ0v) is 12.2. The topological polar surface area (TPSA) is 46.6 Å². The van der Waals surface area contributed by atoms with Crippen LogP contribution in [0.2, 0.25) is 0 Å². The van der Waals surface area contributed by atoms with E-state index >= 15 is 0 Å². The van der Waals surface area contributed by atoms with Gasteiger partial charge in [-0.15, -0.1) is 0 Å². The molecule has 0 radical (unpaired) electrons. The minimum Gasteiger partial charge on any atom is -0.463 e. The predicted octanol–water partition coefficient (Wildman–Crippen LogP) is 2.78. The first-order chi connectivity index (χ1) is 10.2. The molecule has 1 aliphatic heterocycles. The summed E-state index contributed by atoms with van der Waals surface area (Å²) in [5.41, 5.74) is 2.18. The first-order valence-corrected chi connectivity index (χ1v) is 7.50. The summed E-state index contributed by atoms with van der Waals surface area (Å²) in [6.07, 6.45) is 4.94. The Morgan fingerprint density at radius 1 is 1.38 bits per heavy atom. The number of anilines is 1. The molecule has 0 atom stereocenters. The Balaban J connectivity index is 1.91. The number of esters is 1. The van der Waals surface area contributed by atoms with Gasteiger partial charge in [-0.3, -0.25) is 4.79 Å². The molecule has 110 valence electrons. The second kappa shape index (κ2) is 5.72. The highest BCUT2D eigenvalue weighted by Gasteiger charge is 2.35. The van der Waals surface area contributed by atoms with Crippen molar-refractivity contribution in [3.8, 4) is 0 Å². The van der Waals surface area contributed by atoms with E-state index in [2.05, 4.69) is 0 Å². The molecule has 1 aromatic rings. The van der Waals surface area contributed by atoms with Crippen molar-refractivity contribution in [1.82, 2.24) is 0 Å². The van der Waals surface area contributed by atoms with E-state index in [1.807, 2.05) is 29.2 Å². The van der Waals surface area contributed by atoms with E-state index in [1.54, 1.807) is 6.92 Å². The summed E-state index contributed by atoms with van der Waals surface area (Å²) in [6.45, 7) is 2.81. The molecule has 21 heavy (non-hydrogen) atoms. The van der Waals surface area contributed by atoms with Crippen LogP contribution in [0.4, 0.5) is 5.69 Å². The number of amides is 1. The van der Waals surface area contributed by atoms with Crippen molar-refractivity contribution in [2.75, 3.05) is 18.1 Å². The molecule has 1 saturated carbocycles. The molecular weight excluding hydrogens is 266 g/mol. The molecule has 1 fully saturated rings. The van der Waals surface area contributed by atoms with Gasteiger partial charge in [0.15, 0.2) is 0 Å². The summed E-state index contributed by atoms with van der Waals surface area (Å²) in [5.74, 6) is 0.0428. The summed E-state index contributed by atoms with van der Waals surface area (Å²) < 4.78 is 4.93. The fraction of sp³-hybridized carbons (Fsp3) is 0.412. The molecule has 3 rings (SSSR count). The predicted molar refractivity (Wildman–Crippen MR) is 80.7 cm³/mol. The van der Waals surface area contributed by atoms with Gasteiger partial charge in [0.1, 0.15) is 0 Å². The highest BCUT2D eigenvalue weighted by Crippen LogP contribution is 2.39. The van der Waals surface area contributed by atoms with Gasteiger partial charge in [-0.2, -0.15) is 0 Å². The van der Waals surface area contributed by atoms with Gasteiger partial charge in [-0.25, -0.2) is 4.79 Å². The number of carbonyl (C=O) groups is 2. The third-order valence-corrected chi connectivity index (χ3v) is 4.17. The summed E-state index contributed by atoms with van der Waals surface area (Å²) in [7, 11) is 0. The van der Waals surface area contributed by atoms with Crippen LogP contribution in [0.1, 0.15) is 31.7 Å². The quantitative estimate of drug-likeness (QED) is 0.631. The van der Waals surface area contributed by atoms with E-state index in [9.17, 15) is 9.59 Å². The number of benzene rings is 1. The molecule has 4 nitrogen and oxygen atoms in total. The second-order valence-corrected chi connectivity index (χ2v) is 5.54. The molecule has 0 saturated heterocycles. The van der Waals surface area contributed by atoms with Crippen LogP contribution in [0.3, 0.4) is 0 Å². The van der Waals surface area contributed by atoms with Crippen molar-refractivity contribution in [3.63, 3.8) is 0 Å². The molecule has 1 amide bonds. The lowest BCUT2D eigenvalue weighted by molar-refractivity contribution is -0.137. The minimum absolute atomic E-state index is 0.0869. The van der Waals surface area contributed by atoms with Crippen LogP contribution in [0, 0.1) is 5.92 Å². The number of rotatable bonds is 4. The van der Waals surface area contributed by atoms with Gasteiger partial charge >= 0.3 is 5.97 Å². The molecule has 0 spiro atoms. The molecule has 0 unspecified atom stereocenters. The molecule has 0 N–H and O–H groups in total. The Labute approximate surface area is 124 Å². The largest absolute Gasteiger partial charge is 0.463 e. The zero-order chi connectivity index (χ0) is 14.8. The molecule has 0 bridgehead atoms. The third-order valence-electron chi connectivity index (χ3n) is 4.17. The highest BCUT2D eigenvalue weighted by molar-refractivity contribution is 6.34. The summed E-state index contributed by atoms with van der Waals surface area (Å²) in [6, 6.07) is 7.64. The second-order valence-electron chi connectivity index (χ2n) is 5.54. The number of ether oxygens (including phenoxy) is 1. The lowest BCUT2D eigenvalue weighted by Crippen LogP contribution is -2.34. The van der Waals surface area contributed by atoms with E-state index in [0.29, 0.717) is 18.1 Å². The molecule has 1 aromatic carbocycles. The van der Waals surface area contributed by atoms with Crippen molar-refractivity contribution in [2.45, 2.75) is 26.2 Å². The first-order valence-electron chi connectivity index (χ1n) is 7.50. The Bertz CT molecular complexity index is 602. The maximum Gasteiger partial charge on any atom is 0.331 e. The zero-order valence-electron chi connectivity index (χ0n) is 12.2. The average Bonchev–Trinajstić information content (AvgIpc) is 2.68. The van der Waals surface area contributed by atoms with Crippen LogP contribution < -0.4 is 4.90 Å². The van der Waals surface area contributed by atoms with Crippen LogP contribution >= 0.6 is 0 Å². The van der Waals surface area contributed by atoms with Gasteiger partial charge in [0.05, 0.1) is 17.9 Å². The van der Waals surface area contributed by atoms with Crippen LogP contribution in [0.25, 0.3) is 5.57 Å².